The van der Waals surface area contributed by atoms with Crippen molar-refractivity contribution >= 4 is 11.4 Å². The summed E-state index contributed by atoms with van der Waals surface area (Å²) in [7, 11) is 1.75. The first-order valence-corrected chi connectivity index (χ1v) is 10.2. The van der Waals surface area contributed by atoms with Gasteiger partial charge in [0.25, 0.3) is 0 Å². The van der Waals surface area contributed by atoms with Gasteiger partial charge in [-0.2, -0.15) is 5.26 Å². The third kappa shape index (κ3) is 5.34. The summed E-state index contributed by atoms with van der Waals surface area (Å²) in [6.45, 7) is 0. The molecule has 5 rings (SSSR count). The maximum Gasteiger partial charge on any atom is 2.00 e. The fraction of sp³-hybridized carbons (Fsp3) is 0.0357. The summed E-state index contributed by atoms with van der Waals surface area (Å²) in [4.78, 5) is 4.29. The molecule has 0 saturated heterocycles. The second-order valence-electron chi connectivity index (χ2n) is 7.21. The van der Waals surface area contributed by atoms with E-state index >= 15 is 0 Å². The minimum Gasteiger partial charge on any atom is -0.761 e. The molecule has 2 radical (unpaired) electrons. The van der Waals surface area contributed by atoms with E-state index in [-0.39, 0.29) is 28.1 Å². The Morgan fingerprint density at radius 2 is 1.45 bits per heavy atom. The van der Waals surface area contributed by atoms with E-state index in [1.54, 1.807) is 11.6 Å². The standard InChI is InChI=1S/C23H15N4.C5H5.Fe/c1-27-22(15-25)21(14-24)26-23(27)20-12-10-19(11-13-20)18-8-6-17(7-9-18)16-4-2-3-5-16;1-2-4-5-3-1;/h2-13H,1H3;1-5H;/q2*-1;+2. The molecule has 1 heterocycles. The molecule has 0 fully saturated rings. The smallest absolute Gasteiger partial charge is 0.761 e. The molecule has 0 saturated carbocycles. The minimum atomic E-state index is 0. The Balaban J connectivity index is 0.000000453. The number of benzene rings is 2. The molecule has 5 heteroatoms. The van der Waals surface area contributed by atoms with Crippen LogP contribution in [-0.4, -0.2) is 15.4 Å². The van der Waals surface area contributed by atoms with Crippen molar-refractivity contribution in [3.05, 3.63) is 147 Å². The van der Waals surface area contributed by atoms with Crippen LogP contribution in [0.4, 0.5) is 0 Å². The SMILES string of the molecule is Cn1c(=c2ccc(=c3ccc(=C4C=CC=C4)cc3)cc2)nc(C#N)c1=C=[N-].[CH]1[CH][CH-]C=C1.[Fe+2]. The fourth-order valence-electron chi connectivity index (χ4n) is 3.52. The first kappa shape index (κ1) is 23.9. The predicted octanol–water partition coefficient (Wildman–Crippen LogP) is 3.22. The van der Waals surface area contributed by atoms with E-state index in [9.17, 15) is 5.41 Å². The van der Waals surface area contributed by atoms with Crippen molar-refractivity contribution in [2.75, 3.05) is 0 Å². The zero-order valence-corrected chi connectivity index (χ0v) is 19.1. The Labute approximate surface area is 203 Å². The van der Waals surface area contributed by atoms with Gasteiger partial charge < -0.3 is 9.98 Å². The number of aromatic nitrogens is 2. The molecule has 0 bridgehead atoms. The zero-order chi connectivity index (χ0) is 22.3. The van der Waals surface area contributed by atoms with Crippen LogP contribution < -0.4 is 10.6 Å². The average Bonchev–Trinajstić information content (AvgIpc) is 3.63. The molecule has 0 unspecified atom stereocenters. The normalized spacial score (nSPS) is 12.9. The summed E-state index contributed by atoms with van der Waals surface area (Å²) in [6, 6.07) is 18.4. The summed E-state index contributed by atoms with van der Waals surface area (Å²) in [6.07, 6.45) is 18.3. The molecule has 2 aliphatic carbocycles. The molecule has 2 aliphatic rings. The van der Waals surface area contributed by atoms with Crippen molar-refractivity contribution in [3.8, 4) is 6.07 Å². The largest absolute Gasteiger partial charge is 2.00 e. The first-order valence-electron chi connectivity index (χ1n) is 10.2. The summed E-state index contributed by atoms with van der Waals surface area (Å²) < 4.78 is 1.65. The summed E-state index contributed by atoms with van der Waals surface area (Å²) in [5, 5.41) is 22.9. The Hall–Kier alpha value is -3.80. The minimum absolute atomic E-state index is 0. The number of hydrogen-bond acceptors (Lipinski definition) is 2. The van der Waals surface area contributed by atoms with Gasteiger partial charge in [0, 0.05) is 12.3 Å². The van der Waals surface area contributed by atoms with Gasteiger partial charge in [0.15, 0.2) is 5.69 Å². The van der Waals surface area contributed by atoms with Crippen LogP contribution >= 0.6 is 0 Å². The Bertz CT molecular complexity index is 1560. The van der Waals surface area contributed by atoms with Gasteiger partial charge in [0.05, 0.1) is 5.35 Å². The number of hydrogen-bond donors (Lipinski definition) is 0. The van der Waals surface area contributed by atoms with Crippen molar-refractivity contribution in [3.63, 3.8) is 0 Å². The summed E-state index contributed by atoms with van der Waals surface area (Å²) >= 11 is 0. The number of rotatable bonds is 0. The van der Waals surface area contributed by atoms with Gasteiger partial charge >= 0.3 is 17.1 Å². The van der Waals surface area contributed by atoms with E-state index < -0.39 is 0 Å². The third-order valence-electron chi connectivity index (χ3n) is 5.22. The zero-order valence-electron chi connectivity index (χ0n) is 18.0. The summed E-state index contributed by atoms with van der Waals surface area (Å²) in [5.74, 6) is 2.04. The molecular weight excluding hydrogens is 448 g/mol. The first-order chi connectivity index (χ1) is 15.7. The van der Waals surface area contributed by atoms with E-state index in [4.69, 9.17) is 5.26 Å². The topological polar surface area (TPSA) is 63.9 Å². The Kier molecular flexibility index (Phi) is 8.08. The molecule has 33 heavy (non-hydrogen) atoms. The van der Waals surface area contributed by atoms with Crippen LogP contribution in [0.2, 0.25) is 0 Å². The molecule has 4 nitrogen and oxygen atoms in total. The summed E-state index contributed by atoms with van der Waals surface area (Å²) in [5.41, 5.74) is 1.98. The van der Waals surface area contributed by atoms with E-state index in [0.29, 0.717) is 5.48 Å². The molecule has 0 amide bonds. The average molecular weight is 468 g/mol. The van der Waals surface area contributed by atoms with Crippen LogP contribution in [0.5, 0.6) is 0 Å². The van der Waals surface area contributed by atoms with Crippen molar-refractivity contribution in [2.45, 2.75) is 0 Å². The van der Waals surface area contributed by atoms with E-state index in [0.717, 1.165) is 15.7 Å². The van der Waals surface area contributed by atoms with Gasteiger partial charge in [-0.25, -0.2) is 29.4 Å². The molecule has 0 aliphatic heterocycles. The molecule has 0 atom stereocenters. The third-order valence-corrected chi connectivity index (χ3v) is 5.22. The van der Waals surface area contributed by atoms with Crippen LogP contribution in [0.15, 0.2) is 85.0 Å². The monoisotopic (exact) mass is 468 g/mol. The van der Waals surface area contributed by atoms with Gasteiger partial charge in [0.1, 0.15) is 11.5 Å². The number of imidazole rings is 1. The predicted molar refractivity (Wildman–Crippen MR) is 127 cm³/mol. The Morgan fingerprint density at radius 1 is 0.879 bits per heavy atom. The van der Waals surface area contributed by atoms with Crippen molar-refractivity contribution in [1.82, 2.24) is 9.55 Å². The number of nitriles is 1. The second kappa shape index (κ2) is 11.2. The van der Waals surface area contributed by atoms with Crippen LogP contribution in [-0.2, 0) is 24.1 Å². The van der Waals surface area contributed by atoms with Gasteiger partial charge in [-0.15, -0.1) is 12.8 Å². The van der Waals surface area contributed by atoms with Gasteiger partial charge in [-0.05, 0) is 21.2 Å². The number of nitrogens with zero attached hydrogens (tertiary/aromatic N) is 4. The van der Waals surface area contributed by atoms with Gasteiger partial charge in [-0.1, -0.05) is 72.8 Å². The van der Waals surface area contributed by atoms with Gasteiger partial charge in [-0.3, -0.25) is 0 Å². The fourth-order valence-corrected chi connectivity index (χ4v) is 3.52. The molecule has 0 N–H and O–H groups in total. The van der Waals surface area contributed by atoms with Crippen LogP contribution in [0.3, 0.4) is 0 Å². The second-order valence-corrected chi connectivity index (χ2v) is 7.21. The van der Waals surface area contributed by atoms with Crippen LogP contribution in [0, 0.1) is 51.7 Å². The number of allylic oxidation sites excluding steroid dienone is 6. The molecule has 0 spiro atoms. The van der Waals surface area contributed by atoms with Crippen molar-refractivity contribution in [1.29, 1.82) is 5.26 Å². The maximum atomic E-state index is 9.21. The molecule has 2 aromatic carbocycles. The quantitative estimate of drug-likeness (QED) is 0.289. The maximum absolute atomic E-state index is 9.21. The van der Waals surface area contributed by atoms with E-state index in [1.165, 1.54) is 10.8 Å². The van der Waals surface area contributed by atoms with Crippen LogP contribution in [0.1, 0.15) is 5.69 Å². The molecular formula is C28H20FeN4. The molecule has 1 aromatic heterocycles. The Morgan fingerprint density at radius 3 is 1.88 bits per heavy atom. The van der Waals surface area contributed by atoms with Crippen LogP contribution in [0.25, 0.3) is 11.0 Å². The molecule has 3 aromatic rings. The molecule has 160 valence electrons. The van der Waals surface area contributed by atoms with Crippen molar-refractivity contribution < 1.29 is 17.1 Å². The van der Waals surface area contributed by atoms with Crippen molar-refractivity contribution in [2.24, 2.45) is 7.05 Å². The van der Waals surface area contributed by atoms with E-state index in [1.807, 2.05) is 79.8 Å². The van der Waals surface area contributed by atoms with Gasteiger partial charge in [0.2, 0.25) is 0 Å². The van der Waals surface area contributed by atoms with E-state index in [2.05, 4.69) is 41.4 Å².